The van der Waals surface area contributed by atoms with Crippen LogP contribution >= 0.6 is 0 Å². The molecule has 4 aromatic carbocycles. The maximum absolute atomic E-state index is 13.9. The highest BCUT2D eigenvalue weighted by Gasteiger charge is 2.33. The van der Waals surface area contributed by atoms with Crippen molar-refractivity contribution in [2.45, 2.75) is 9.79 Å². The quantitative estimate of drug-likeness (QED) is 0.146. The van der Waals surface area contributed by atoms with Crippen LogP contribution in [0.1, 0.15) is 0 Å². The van der Waals surface area contributed by atoms with E-state index in [1.165, 1.54) is 0 Å². The zero-order valence-corrected chi connectivity index (χ0v) is 22.5. The second kappa shape index (κ2) is 11.2. The third kappa shape index (κ3) is 4.69. The highest BCUT2D eigenvalue weighted by Crippen LogP contribution is 2.43. The van der Waals surface area contributed by atoms with Crippen LogP contribution < -0.4 is 5.32 Å². The molecule has 0 amide bonds. The van der Waals surface area contributed by atoms with Gasteiger partial charge in [0, 0.05) is 60.5 Å². The van der Waals surface area contributed by atoms with E-state index in [0.29, 0.717) is 21.5 Å². The first-order chi connectivity index (χ1) is 18.2. The summed E-state index contributed by atoms with van der Waals surface area (Å²) in [5, 5.41) is 44.3. The Hall–Kier alpha value is -2.62. The summed E-state index contributed by atoms with van der Waals surface area (Å²) in [5.74, 6) is 0. The SMILES string of the molecule is CNc1ccc2ccc3c(S(=O)(=O)N(CCO)CCO)cc(S(=O)(=O)N(CCO)CCO)c4ccc1c2c34. The van der Waals surface area contributed by atoms with Gasteiger partial charge in [-0.15, -0.1) is 0 Å². The maximum atomic E-state index is 13.9. The normalized spacial score (nSPS) is 13.0. The van der Waals surface area contributed by atoms with Crippen LogP contribution in [0.15, 0.2) is 52.3 Å². The van der Waals surface area contributed by atoms with Gasteiger partial charge in [-0.1, -0.05) is 30.3 Å². The van der Waals surface area contributed by atoms with E-state index >= 15 is 0 Å². The number of hydrogen-bond donors (Lipinski definition) is 5. The molecule has 13 heteroatoms. The highest BCUT2D eigenvalue weighted by atomic mass is 32.2. The minimum absolute atomic E-state index is 0.289. The lowest BCUT2D eigenvalue weighted by atomic mass is 9.93. The lowest BCUT2D eigenvalue weighted by Gasteiger charge is -2.25. The van der Waals surface area contributed by atoms with Crippen LogP contribution in [-0.4, -0.2) is 106 Å². The standard InChI is InChI=1S/C25H31N3O8S2/c1-26-21-7-3-17-2-4-19-22(37(33,34)27(8-12-29)9-13-30)16-23(20-6-5-18(21)24(17)25(19)20)38(35,36)28(10-14-31)11-15-32/h2-7,16,26,29-32H,8-15H2,1H3. The first-order valence-corrected chi connectivity index (χ1v) is 14.9. The molecule has 0 aromatic heterocycles. The number of rotatable bonds is 13. The fraction of sp³-hybridized carbons (Fsp3) is 0.360. The molecule has 0 aliphatic carbocycles. The largest absolute Gasteiger partial charge is 0.395 e. The van der Waals surface area contributed by atoms with Crippen LogP contribution in [0.3, 0.4) is 0 Å². The summed E-state index contributed by atoms with van der Waals surface area (Å²) in [6, 6.07) is 11.6. The lowest BCUT2D eigenvalue weighted by molar-refractivity contribution is 0.217. The first-order valence-electron chi connectivity index (χ1n) is 12.0. The Morgan fingerprint density at radius 1 is 0.632 bits per heavy atom. The van der Waals surface area contributed by atoms with Gasteiger partial charge in [0.2, 0.25) is 20.0 Å². The Bertz CT molecular complexity index is 1580. The summed E-state index contributed by atoms with van der Waals surface area (Å²) in [6.07, 6.45) is 0. The van der Waals surface area contributed by atoms with Gasteiger partial charge in [0.15, 0.2) is 0 Å². The predicted octanol–water partition coefficient (Wildman–Crippen LogP) is 0.576. The van der Waals surface area contributed by atoms with Crippen LogP contribution in [0, 0.1) is 0 Å². The Balaban J connectivity index is 2.19. The van der Waals surface area contributed by atoms with Crippen molar-refractivity contribution in [1.29, 1.82) is 0 Å². The maximum Gasteiger partial charge on any atom is 0.243 e. The third-order valence-electron chi connectivity index (χ3n) is 6.61. The summed E-state index contributed by atoms with van der Waals surface area (Å²) in [6.45, 7) is -3.16. The highest BCUT2D eigenvalue weighted by molar-refractivity contribution is 7.90. The minimum Gasteiger partial charge on any atom is -0.395 e. The molecule has 0 aliphatic rings. The Kier molecular flexibility index (Phi) is 8.40. The average molecular weight is 566 g/mol. The molecule has 0 unspecified atom stereocenters. The second-order valence-corrected chi connectivity index (χ2v) is 12.5. The number of hydrogen-bond acceptors (Lipinski definition) is 9. The van der Waals surface area contributed by atoms with Gasteiger partial charge in [-0.3, -0.25) is 0 Å². The summed E-state index contributed by atoms with van der Waals surface area (Å²) >= 11 is 0. The van der Waals surface area contributed by atoms with E-state index in [-0.39, 0.29) is 36.0 Å². The van der Waals surface area contributed by atoms with Crippen LogP contribution in [-0.2, 0) is 20.0 Å². The van der Waals surface area contributed by atoms with Crippen molar-refractivity contribution in [1.82, 2.24) is 8.61 Å². The molecular formula is C25H31N3O8S2. The van der Waals surface area contributed by atoms with Crippen LogP contribution in [0.4, 0.5) is 5.69 Å². The van der Waals surface area contributed by atoms with Crippen LogP contribution in [0.25, 0.3) is 32.3 Å². The van der Waals surface area contributed by atoms with Crippen molar-refractivity contribution in [3.8, 4) is 0 Å². The fourth-order valence-electron chi connectivity index (χ4n) is 4.91. The van der Waals surface area contributed by atoms with Crippen molar-refractivity contribution < 1.29 is 37.3 Å². The molecule has 206 valence electrons. The summed E-state index contributed by atoms with van der Waals surface area (Å²) in [7, 11) is -7.01. The Labute approximate surface area is 221 Å². The zero-order valence-electron chi connectivity index (χ0n) is 20.8. The van der Waals surface area contributed by atoms with E-state index in [2.05, 4.69) is 5.32 Å². The number of sulfonamides is 2. The van der Waals surface area contributed by atoms with E-state index in [9.17, 15) is 37.3 Å². The Morgan fingerprint density at radius 2 is 1.05 bits per heavy atom. The van der Waals surface area contributed by atoms with Gasteiger partial charge in [-0.25, -0.2) is 16.8 Å². The van der Waals surface area contributed by atoms with E-state index in [4.69, 9.17) is 0 Å². The van der Waals surface area contributed by atoms with E-state index in [1.807, 2.05) is 12.1 Å². The third-order valence-corrected chi connectivity index (χ3v) is 10.5. The molecule has 0 atom stereocenters. The van der Waals surface area contributed by atoms with Crippen molar-refractivity contribution >= 4 is 58.1 Å². The molecule has 0 fully saturated rings. The smallest absolute Gasteiger partial charge is 0.243 e. The number of anilines is 1. The molecule has 0 radical (unpaired) electrons. The van der Waals surface area contributed by atoms with Crippen molar-refractivity contribution in [3.63, 3.8) is 0 Å². The topological polar surface area (TPSA) is 168 Å². The first kappa shape index (κ1) is 28.4. The van der Waals surface area contributed by atoms with E-state index in [0.717, 1.165) is 31.1 Å². The minimum atomic E-state index is -4.38. The molecule has 0 aliphatic heterocycles. The van der Waals surface area contributed by atoms with Gasteiger partial charge in [0.05, 0.1) is 36.2 Å². The molecule has 11 nitrogen and oxygen atoms in total. The lowest BCUT2D eigenvalue weighted by Crippen LogP contribution is -2.37. The zero-order chi connectivity index (χ0) is 27.7. The number of nitrogens with zero attached hydrogens (tertiary/aromatic N) is 2. The summed E-state index contributed by atoms with van der Waals surface area (Å²) in [4.78, 5) is -0.578. The van der Waals surface area contributed by atoms with Gasteiger partial charge >= 0.3 is 0 Å². The van der Waals surface area contributed by atoms with Gasteiger partial charge in [0.1, 0.15) is 0 Å². The average Bonchev–Trinajstić information content (AvgIpc) is 2.90. The number of aliphatic hydroxyl groups excluding tert-OH is 4. The summed E-state index contributed by atoms with van der Waals surface area (Å²) in [5.41, 5.74) is 0.772. The van der Waals surface area contributed by atoms with E-state index in [1.54, 1.807) is 31.3 Å². The molecule has 0 spiro atoms. The van der Waals surface area contributed by atoms with Gasteiger partial charge in [-0.05, 0) is 22.9 Å². The van der Waals surface area contributed by atoms with Gasteiger partial charge < -0.3 is 25.7 Å². The molecule has 38 heavy (non-hydrogen) atoms. The number of aliphatic hydroxyl groups is 4. The van der Waals surface area contributed by atoms with Crippen molar-refractivity contribution in [2.24, 2.45) is 0 Å². The molecule has 5 N–H and O–H groups in total. The molecule has 0 heterocycles. The molecular weight excluding hydrogens is 534 g/mol. The van der Waals surface area contributed by atoms with Gasteiger partial charge in [0.25, 0.3) is 0 Å². The number of nitrogens with one attached hydrogen (secondary N) is 1. The molecule has 0 saturated heterocycles. The van der Waals surface area contributed by atoms with Crippen molar-refractivity contribution in [2.75, 3.05) is 65.0 Å². The monoisotopic (exact) mass is 565 g/mol. The molecule has 0 bridgehead atoms. The second-order valence-electron chi connectivity index (χ2n) is 8.69. The molecule has 4 aromatic rings. The molecule has 4 rings (SSSR count). The number of benzene rings is 4. The molecule has 0 saturated carbocycles. The van der Waals surface area contributed by atoms with Crippen LogP contribution in [0.2, 0.25) is 0 Å². The van der Waals surface area contributed by atoms with E-state index < -0.39 is 46.5 Å². The Morgan fingerprint density at radius 3 is 1.50 bits per heavy atom. The van der Waals surface area contributed by atoms with Crippen molar-refractivity contribution in [3.05, 3.63) is 42.5 Å². The van der Waals surface area contributed by atoms with Gasteiger partial charge in [-0.2, -0.15) is 8.61 Å². The van der Waals surface area contributed by atoms with Crippen LogP contribution in [0.5, 0.6) is 0 Å². The fourth-order valence-corrected chi connectivity index (χ4v) is 8.26. The predicted molar refractivity (Wildman–Crippen MR) is 146 cm³/mol. The summed E-state index contributed by atoms with van der Waals surface area (Å²) < 4.78 is 57.4.